The number of imidazole rings is 1. The van der Waals surface area contributed by atoms with Crippen LogP contribution in [0.25, 0.3) is 4.96 Å². The number of aliphatic hydroxyl groups is 1. The van der Waals surface area contributed by atoms with Crippen LogP contribution in [0.3, 0.4) is 0 Å². The molecule has 1 N–H and O–H groups in total. The van der Waals surface area contributed by atoms with E-state index in [2.05, 4.69) is 4.98 Å². The van der Waals surface area contributed by atoms with Crippen LogP contribution in [0.15, 0.2) is 42.0 Å². The smallest absolute Gasteiger partial charge is 0.193 e. The van der Waals surface area contributed by atoms with Crippen molar-refractivity contribution in [1.82, 2.24) is 9.38 Å². The predicted octanol–water partition coefficient (Wildman–Crippen LogP) is 3.03. The molecule has 19 heavy (non-hydrogen) atoms. The lowest BCUT2D eigenvalue weighted by Gasteiger charge is -2.07. The van der Waals surface area contributed by atoms with Gasteiger partial charge in [-0.05, 0) is 24.6 Å². The first kappa shape index (κ1) is 12.2. The molecule has 5 heteroatoms. The fourth-order valence-electron chi connectivity index (χ4n) is 1.85. The molecule has 0 bridgehead atoms. The first-order chi connectivity index (χ1) is 9.22. The summed E-state index contributed by atoms with van der Waals surface area (Å²) in [6.07, 6.45) is 3.50. The first-order valence-corrected chi connectivity index (χ1v) is 6.92. The molecule has 0 spiro atoms. The van der Waals surface area contributed by atoms with Gasteiger partial charge in [-0.25, -0.2) is 4.98 Å². The minimum atomic E-state index is -0.450. The van der Waals surface area contributed by atoms with Crippen LogP contribution in [0.4, 0.5) is 0 Å². The predicted molar refractivity (Wildman–Crippen MR) is 74.5 cm³/mol. The van der Waals surface area contributed by atoms with Gasteiger partial charge in [0.25, 0.3) is 0 Å². The van der Waals surface area contributed by atoms with Gasteiger partial charge in [-0.15, -0.1) is 11.3 Å². The number of thiazole rings is 1. The molecule has 1 atom stereocenters. The fourth-order valence-corrected chi connectivity index (χ4v) is 2.56. The van der Waals surface area contributed by atoms with Crippen LogP contribution < -0.4 is 4.74 Å². The fraction of sp³-hybridized carbons (Fsp3) is 0.214. The van der Waals surface area contributed by atoms with E-state index in [0.29, 0.717) is 6.61 Å². The molecular weight excluding hydrogens is 260 g/mol. The number of rotatable bonds is 4. The summed E-state index contributed by atoms with van der Waals surface area (Å²) in [6, 6.07) is 7.46. The van der Waals surface area contributed by atoms with Crippen molar-refractivity contribution >= 4 is 16.3 Å². The normalized spacial score (nSPS) is 12.7. The highest BCUT2D eigenvalue weighted by Crippen LogP contribution is 2.18. The molecule has 2 heterocycles. The molecule has 1 aromatic carbocycles. The molecule has 0 radical (unpaired) electrons. The SMILES string of the molecule is CC(O)c1ccc(OCc2cn3ccsc3n2)cc1. The Morgan fingerprint density at radius 1 is 1.37 bits per heavy atom. The van der Waals surface area contributed by atoms with Crippen LogP contribution in [0.1, 0.15) is 24.3 Å². The van der Waals surface area contributed by atoms with Crippen molar-refractivity contribution in [2.24, 2.45) is 0 Å². The van der Waals surface area contributed by atoms with E-state index < -0.39 is 6.10 Å². The summed E-state index contributed by atoms with van der Waals surface area (Å²) < 4.78 is 7.66. The van der Waals surface area contributed by atoms with Gasteiger partial charge < -0.3 is 9.84 Å². The second kappa shape index (κ2) is 5.03. The Labute approximate surface area is 114 Å². The summed E-state index contributed by atoms with van der Waals surface area (Å²) >= 11 is 1.60. The van der Waals surface area contributed by atoms with E-state index in [0.717, 1.165) is 22.0 Å². The van der Waals surface area contributed by atoms with E-state index in [1.807, 2.05) is 46.4 Å². The van der Waals surface area contributed by atoms with E-state index >= 15 is 0 Å². The molecule has 3 aromatic rings. The molecule has 0 aliphatic carbocycles. The van der Waals surface area contributed by atoms with Gasteiger partial charge in [-0.2, -0.15) is 0 Å². The lowest BCUT2D eigenvalue weighted by molar-refractivity contribution is 0.199. The molecule has 3 rings (SSSR count). The van der Waals surface area contributed by atoms with E-state index in [9.17, 15) is 5.11 Å². The maximum absolute atomic E-state index is 9.43. The van der Waals surface area contributed by atoms with Gasteiger partial charge in [0, 0.05) is 17.8 Å². The van der Waals surface area contributed by atoms with Gasteiger partial charge in [0.2, 0.25) is 0 Å². The Bertz CT molecular complexity index is 642. The van der Waals surface area contributed by atoms with Crippen LogP contribution in [0, 0.1) is 0 Å². The molecular formula is C14H14N2O2S. The maximum atomic E-state index is 9.43. The third-order valence-electron chi connectivity index (χ3n) is 2.89. The van der Waals surface area contributed by atoms with Crippen LogP contribution in [0.2, 0.25) is 0 Å². The van der Waals surface area contributed by atoms with Gasteiger partial charge in [0.1, 0.15) is 12.4 Å². The standard InChI is InChI=1S/C14H14N2O2S/c1-10(17)11-2-4-13(5-3-11)18-9-12-8-16-6-7-19-14(16)15-12/h2-8,10,17H,9H2,1H3. The van der Waals surface area contributed by atoms with Crippen LogP contribution in [-0.2, 0) is 6.61 Å². The third-order valence-corrected chi connectivity index (χ3v) is 3.66. The average molecular weight is 274 g/mol. The molecule has 0 saturated carbocycles. The number of aromatic nitrogens is 2. The number of benzene rings is 1. The summed E-state index contributed by atoms with van der Waals surface area (Å²) in [5, 5.41) is 11.4. The molecule has 0 amide bonds. The van der Waals surface area contributed by atoms with Crippen molar-refractivity contribution in [2.75, 3.05) is 0 Å². The van der Waals surface area contributed by atoms with Crippen molar-refractivity contribution in [3.05, 3.63) is 53.3 Å². The Morgan fingerprint density at radius 2 is 2.16 bits per heavy atom. The quantitative estimate of drug-likeness (QED) is 0.795. The number of hydrogen-bond donors (Lipinski definition) is 1. The Morgan fingerprint density at radius 3 is 2.84 bits per heavy atom. The molecule has 0 saturated heterocycles. The van der Waals surface area contributed by atoms with E-state index in [1.54, 1.807) is 18.3 Å². The van der Waals surface area contributed by atoms with Crippen molar-refractivity contribution in [3.63, 3.8) is 0 Å². The van der Waals surface area contributed by atoms with E-state index in [1.165, 1.54) is 0 Å². The summed E-state index contributed by atoms with van der Waals surface area (Å²) in [4.78, 5) is 5.43. The second-order valence-corrected chi connectivity index (χ2v) is 5.23. The summed E-state index contributed by atoms with van der Waals surface area (Å²) in [7, 11) is 0. The zero-order valence-corrected chi connectivity index (χ0v) is 11.3. The third kappa shape index (κ3) is 2.62. The van der Waals surface area contributed by atoms with Gasteiger partial charge in [0.05, 0.1) is 11.8 Å². The lowest BCUT2D eigenvalue weighted by atomic mass is 10.1. The van der Waals surface area contributed by atoms with E-state index in [-0.39, 0.29) is 0 Å². The van der Waals surface area contributed by atoms with Crippen LogP contribution in [-0.4, -0.2) is 14.5 Å². The first-order valence-electron chi connectivity index (χ1n) is 6.04. The number of nitrogens with zero attached hydrogens (tertiary/aromatic N) is 2. The highest BCUT2D eigenvalue weighted by Gasteiger charge is 2.04. The second-order valence-electron chi connectivity index (χ2n) is 4.36. The molecule has 4 nitrogen and oxygen atoms in total. The molecule has 0 aliphatic heterocycles. The Balaban J connectivity index is 1.67. The molecule has 0 aliphatic rings. The van der Waals surface area contributed by atoms with Crippen LogP contribution in [0.5, 0.6) is 5.75 Å². The summed E-state index contributed by atoms with van der Waals surface area (Å²) in [5.41, 5.74) is 1.79. The molecule has 1 unspecified atom stereocenters. The van der Waals surface area contributed by atoms with Gasteiger partial charge in [-0.1, -0.05) is 12.1 Å². The Hall–Kier alpha value is -1.85. The highest BCUT2D eigenvalue weighted by atomic mass is 32.1. The summed E-state index contributed by atoms with van der Waals surface area (Å²) in [6.45, 7) is 2.19. The number of fused-ring (bicyclic) bond motifs is 1. The van der Waals surface area contributed by atoms with Crippen LogP contribution >= 0.6 is 11.3 Å². The average Bonchev–Trinajstić information content (AvgIpc) is 2.97. The van der Waals surface area contributed by atoms with Crippen molar-refractivity contribution in [2.45, 2.75) is 19.6 Å². The molecule has 2 aromatic heterocycles. The minimum Gasteiger partial charge on any atom is -0.487 e. The zero-order chi connectivity index (χ0) is 13.2. The van der Waals surface area contributed by atoms with E-state index in [4.69, 9.17) is 4.74 Å². The summed E-state index contributed by atoms with van der Waals surface area (Å²) in [5.74, 6) is 0.778. The van der Waals surface area contributed by atoms with Gasteiger partial charge >= 0.3 is 0 Å². The highest BCUT2D eigenvalue weighted by molar-refractivity contribution is 7.15. The van der Waals surface area contributed by atoms with Crippen molar-refractivity contribution in [3.8, 4) is 5.75 Å². The maximum Gasteiger partial charge on any atom is 0.193 e. The number of aliphatic hydroxyl groups excluding tert-OH is 1. The monoisotopic (exact) mass is 274 g/mol. The molecule has 0 fully saturated rings. The largest absolute Gasteiger partial charge is 0.487 e. The minimum absolute atomic E-state index is 0.447. The van der Waals surface area contributed by atoms with Gasteiger partial charge in [-0.3, -0.25) is 4.40 Å². The lowest BCUT2D eigenvalue weighted by Crippen LogP contribution is -1.96. The van der Waals surface area contributed by atoms with Gasteiger partial charge in [0.15, 0.2) is 4.96 Å². The van der Waals surface area contributed by atoms with Crippen molar-refractivity contribution < 1.29 is 9.84 Å². The zero-order valence-electron chi connectivity index (χ0n) is 10.5. The Kier molecular flexibility index (Phi) is 3.23. The van der Waals surface area contributed by atoms with Crippen molar-refractivity contribution in [1.29, 1.82) is 0 Å². The number of hydrogen-bond acceptors (Lipinski definition) is 4. The molecule has 98 valence electrons. The number of ether oxygens (including phenoxy) is 1. The topological polar surface area (TPSA) is 46.8 Å².